The molecule has 0 aromatic heterocycles. The summed E-state index contributed by atoms with van der Waals surface area (Å²) in [6, 6.07) is 13.7. The van der Waals surface area contributed by atoms with E-state index in [0.29, 0.717) is 37.8 Å². The molecule has 2 aliphatic heterocycles. The van der Waals surface area contributed by atoms with Crippen molar-refractivity contribution in [3.63, 3.8) is 0 Å². The van der Waals surface area contributed by atoms with E-state index in [4.69, 9.17) is 23.7 Å². The molecule has 2 bridgehead atoms. The Morgan fingerprint density at radius 3 is 2.07 bits per heavy atom. The Bertz CT molecular complexity index is 1750. The van der Waals surface area contributed by atoms with Gasteiger partial charge in [-0.15, -0.1) is 0 Å². The first-order valence-corrected chi connectivity index (χ1v) is 19.1. The fraction of sp³-hybridized carbons (Fsp3) is 0.595. The summed E-state index contributed by atoms with van der Waals surface area (Å²) in [5.74, 6) is -4.20. The van der Waals surface area contributed by atoms with E-state index in [-0.39, 0.29) is 24.8 Å². The van der Waals surface area contributed by atoms with Crippen LogP contribution in [0.2, 0.25) is 0 Å². The number of esters is 3. The van der Waals surface area contributed by atoms with Gasteiger partial charge in [-0.1, -0.05) is 36.4 Å². The van der Waals surface area contributed by atoms with E-state index < -0.39 is 58.7 Å². The molecule has 0 radical (unpaired) electrons. The second-order valence-electron chi connectivity index (χ2n) is 16.4. The number of nitrogens with one attached hydrogen (secondary N) is 2. The number of fused-ring (bicyclic) bond motifs is 2. The van der Waals surface area contributed by atoms with Crippen molar-refractivity contribution in [2.24, 2.45) is 0 Å². The summed E-state index contributed by atoms with van der Waals surface area (Å²) in [5.41, 5.74) is 0.360. The Hall–Kier alpha value is -4.37. The number of hydrogen-bond acceptors (Lipinski definition) is 12. The third-order valence-electron chi connectivity index (χ3n) is 10.2. The standard InChI is InChI=1S/C42H59N3O11/c1-26-14-19-33(42-38(55-29(4)48)36(53-27(2)46)37(54-28(3)47)41(56-42,25-52-42)40(7,8)51)23-32(26)22-31-17-15-30(16-18-31)12-11-13-34(49)44-39(5,6)24-35(50)43-20-21-45(9)10/h14-19,23,36-38,51H,11-13,20-22,24-25H2,1-10H3,(H,43,50)(H,44,49)/t36-,37-,38+,41-,42-/m0/s1. The van der Waals surface area contributed by atoms with Crippen LogP contribution in [0.25, 0.3) is 0 Å². The maximum absolute atomic E-state index is 12.7. The van der Waals surface area contributed by atoms with Gasteiger partial charge < -0.3 is 44.3 Å². The molecule has 2 saturated heterocycles. The molecule has 0 spiro atoms. The van der Waals surface area contributed by atoms with Gasteiger partial charge in [0.25, 0.3) is 0 Å². The summed E-state index contributed by atoms with van der Waals surface area (Å²) in [6.45, 7) is 13.2. The summed E-state index contributed by atoms with van der Waals surface area (Å²) in [4.78, 5) is 64.4. The number of carbonyl (C=O) groups excluding carboxylic acids is 5. The van der Waals surface area contributed by atoms with Gasteiger partial charge in [0.1, 0.15) is 0 Å². The Morgan fingerprint density at radius 2 is 1.48 bits per heavy atom. The van der Waals surface area contributed by atoms with Crippen molar-refractivity contribution in [2.75, 3.05) is 33.8 Å². The summed E-state index contributed by atoms with van der Waals surface area (Å²) in [5, 5.41) is 17.4. The number of ether oxygens (including phenoxy) is 5. The Balaban J connectivity index is 1.49. The lowest BCUT2D eigenvalue weighted by Crippen LogP contribution is -2.72. The number of nitrogens with zero attached hydrogens (tertiary/aromatic N) is 1. The first-order chi connectivity index (χ1) is 26.1. The fourth-order valence-corrected chi connectivity index (χ4v) is 7.34. The van der Waals surface area contributed by atoms with Gasteiger partial charge >= 0.3 is 17.9 Å². The van der Waals surface area contributed by atoms with E-state index in [1.54, 1.807) is 6.07 Å². The molecule has 14 heteroatoms. The predicted octanol–water partition coefficient (Wildman–Crippen LogP) is 3.39. The van der Waals surface area contributed by atoms with Crippen molar-refractivity contribution in [1.82, 2.24) is 15.5 Å². The van der Waals surface area contributed by atoms with Crippen LogP contribution in [0.4, 0.5) is 0 Å². The number of carbonyl (C=O) groups is 5. The van der Waals surface area contributed by atoms with Crippen LogP contribution < -0.4 is 10.6 Å². The molecule has 0 saturated carbocycles. The number of likely N-dealkylation sites (N-methyl/N-ethyl adjacent to an activating group) is 1. The maximum Gasteiger partial charge on any atom is 0.303 e. The van der Waals surface area contributed by atoms with Crippen LogP contribution in [0.3, 0.4) is 0 Å². The monoisotopic (exact) mass is 781 g/mol. The number of hydrogen-bond donors (Lipinski definition) is 3. The van der Waals surface area contributed by atoms with E-state index in [0.717, 1.165) is 28.8 Å². The highest BCUT2D eigenvalue weighted by Gasteiger charge is 2.75. The molecule has 5 atom stereocenters. The topological polar surface area (TPSA) is 179 Å². The van der Waals surface area contributed by atoms with Crippen LogP contribution in [0.5, 0.6) is 0 Å². The van der Waals surface area contributed by atoms with Crippen molar-refractivity contribution < 1.29 is 52.8 Å². The summed E-state index contributed by atoms with van der Waals surface area (Å²) in [7, 11) is 3.88. The summed E-state index contributed by atoms with van der Waals surface area (Å²) >= 11 is 0. The third-order valence-corrected chi connectivity index (χ3v) is 10.2. The molecule has 14 nitrogen and oxygen atoms in total. The zero-order valence-electron chi connectivity index (χ0n) is 34.4. The van der Waals surface area contributed by atoms with Gasteiger partial charge in [0, 0.05) is 57.8 Å². The van der Waals surface area contributed by atoms with Gasteiger partial charge in [0.05, 0.1) is 12.2 Å². The zero-order valence-corrected chi connectivity index (χ0v) is 34.4. The Morgan fingerprint density at radius 1 is 0.875 bits per heavy atom. The Labute approximate surface area is 329 Å². The second kappa shape index (κ2) is 17.8. The smallest absolute Gasteiger partial charge is 0.303 e. The van der Waals surface area contributed by atoms with E-state index in [1.807, 2.05) is 76.2 Å². The highest BCUT2D eigenvalue weighted by atomic mass is 16.8. The lowest BCUT2D eigenvalue weighted by atomic mass is 9.74. The van der Waals surface area contributed by atoms with Crippen LogP contribution in [0.15, 0.2) is 42.5 Å². The molecule has 308 valence electrons. The first-order valence-electron chi connectivity index (χ1n) is 19.1. The molecule has 56 heavy (non-hydrogen) atoms. The van der Waals surface area contributed by atoms with Crippen molar-refractivity contribution in [1.29, 1.82) is 0 Å². The quantitative estimate of drug-likeness (QED) is 0.158. The molecule has 0 unspecified atom stereocenters. The average Bonchev–Trinajstić information content (AvgIpc) is 3.45. The first kappa shape index (κ1) is 44.3. The van der Waals surface area contributed by atoms with Crippen molar-refractivity contribution in [2.45, 2.75) is 128 Å². The van der Waals surface area contributed by atoms with Gasteiger partial charge in [-0.3, -0.25) is 24.0 Å². The molecule has 2 fully saturated rings. The molecule has 4 rings (SSSR count). The molecule has 3 N–H and O–H groups in total. The van der Waals surface area contributed by atoms with Gasteiger partial charge in [-0.25, -0.2) is 0 Å². The number of amides is 2. The van der Waals surface area contributed by atoms with Gasteiger partial charge in [-0.05, 0) is 96.3 Å². The van der Waals surface area contributed by atoms with Crippen molar-refractivity contribution in [3.05, 3.63) is 70.3 Å². The summed E-state index contributed by atoms with van der Waals surface area (Å²) < 4.78 is 30.3. The van der Waals surface area contributed by atoms with Gasteiger partial charge in [-0.2, -0.15) is 0 Å². The SMILES string of the molecule is CC(=O)O[C@@H]1[C@@H](OC(C)=O)[C@@]2(c3ccc(C)c(Cc4ccc(CCCC(=O)NC(C)(C)CC(=O)NCCN(C)C)cc4)c3)OC[C@](C(C)(C)O)(O2)[C@H]1OC(C)=O. The van der Waals surface area contributed by atoms with Crippen LogP contribution in [-0.4, -0.2) is 109 Å². The molecule has 2 heterocycles. The largest absolute Gasteiger partial charge is 0.455 e. The fourth-order valence-electron chi connectivity index (χ4n) is 7.34. The number of rotatable bonds is 17. The highest BCUT2D eigenvalue weighted by molar-refractivity contribution is 5.80. The molecular formula is C42H59N3O11. The molecule has 0 aliphatic carbocycles. The van der Waals surface area contributed by atoms with Crippen LogP contribution in [0.1, 0.15) is 95.5 Å². The van der Waals surface area contributed by atoms with Crippen LogP contribution >= 0.6 is 0 Å². The predicted molar refractivity (Wildman–Crippen MR) is 206 cm³/mol. The van der Waals surface area contributed by atoms with Crippen molar-refractivity contribution >= 4 is 29.7 Å². The molecule has 2 amide bonds. The number of aliphatic hydroxyl groups is 1. The van der Waals surface area contributed by atoms with E-state index in [2.05, 4.69) is 10.6 Å². The van der Waals surface area contributed by atoms with E-state index >= 15 is 0 Å². The third kappa shape index (κ3) is 10.7. The normalized spacial score (nSPS) is 23.3. The molecule has 2 aliphatic rings. The molecular weight excluding hydrogens is 722 g/mol. The van der Waals surface area contributed by atoms with E-state index in [9.17, 15) is 29.1 Å². The minimum atomic E-state index is -1.84. The highest BCUT2D eigenvalue weighted by Crippen LogP contribution is 2.56. The minimum absolute atomic E-state index is 0.103. The number of aryl methyl sites for hydroxylation is 2. The number of benzene rings is 2. The minimum Gasteiger partial charge on any atom is -0.455 e. The van der Waals surface area contributed by atoms with Gasteiger partial charge in [0.15, 0.2) is 17.8 Å². The molecule has 2 aromatic carbocycles. The lowest BCUT2D eigenvalue weighted by molar-refractivity contribution is -0.350. The van der Waals surface area contributed by atoms with Gasteiger partial charge in [0.2, 0.25) is 23.7 Å². The van der Waals surface area contributed by atoms with Crippen LogP contribution in [0, 0.1) is 6.92 Å². The average molecular weight is 782 g/mol. The second-order valence-corrected chi connectivity index (χ2v) is 16.4. The van der Waals surface area contributed by atoms with E-state index in [1.165, 1.54) is 34.6 Å². The Kier molecular flexibility index (Phi) is 14.1. The van der Waals surface area contributed by atoms with Crippen molar-refractivity contribution in [3.8, 4) is 0 Å². The zero-order chi connectivity index (χ0) is 41.6. The molecule has 2 aromatic rings. The lowest BCUT2D eigenvalue weighted by Gasteiger charge is -2.52. The van der Waals surface area contributed by atoms with Crippen LogP contribution in [-0.2, 0) is 66.3 Å². The maximum atomic E-state index is 12.7. The summed E-state index contributed by atoms with van der Waals surface area (Å²) in [6.07, 6.45) is -1.80.